The van der Waals surface area contributed by atoms with Crippen LogP contribution in [0.25, 0.3) is 0 Å². The number of furan rings is 2. The largest absolute Gasteiger partial charge is 0.811 e. The van der Waals surface area contributed by atoms with Crippen molar-refractivity contribution < 1.29 is 22.4 Å². The van der Waals surface area contributed by atoms with Gasteiger partial charge in [-0.3, -0.25) is 0 Å². The molecule has 0 saturated carbocycles. The summed E-state index contributed by atoms with van der Waals surface area (Å²) in [6, 6.07) is 6.29. The molecule has 72 valence electrons. The predicted molar refractivity (Wildman–Crippen MR) is 46.3 cm³/mol. The molecule has 2 aromatic heterocycles. The average Bonchev–Trinajstić information content (AvgIpc) is 2.76. The van der Waals surface area contributed by atoms with E-state index in [1.807, 2.05) is 0 Å². The Hall–Kier alpha value is -1.74. The molecule has 2 heterocycles. The van der Waals surface area contributed by atoms with Crippen LogP contribution >= 0.6 is 8.25 Å². The van der Waals surface area contributed by atoms with Gasteiger partial charge in [0.1, 0.15) is 0 Å². The lowest BCUT2D eigenvalue weighted by Gasteiger charge is -1.84. The van der Waals surface area contributed by atoms with Crippen LogP contribution in [-0.4, -0.2) is 0 Å². The van der Waals surface area contributed by atoms with Crippen LogP contribution < -0.4 is 9.05 Å². The van der Waals surface area contributed by atoms with Crippen LogP contribution in [0.1, 0.15) is 0 Å². The van der Waals surface area contributed by atoms with Crippen molar-refractivity contribution in [3.8, 4) is 11.9 Å². The van der Waals surface area contributed by atoms with Crippen LogP contribution in [-0.2, 0) is 4.57 Å². The van der Waals surface area contributed by atoms with Gasteiger partial charge in [0.2, 0.25) is 0 Å². The van der Waals surface area contributed by atoms with Crippen molar-refractivity contribution in [2.75, 3.05) is 0 Å². The van der Waals surface area contributed by atoms with Gasteiger partial charge in [-0.05, 0) is 12.1 Å². The molecule has 0 N–H and O–H groups in total. The molecular weight excluding hydrogens is 207 g/mol. The lowest BCUT2D eigenvalue weighted by Crippen LogP contribution is -1.85. The highest BCUT2D eigenvalue weighted by Crippen LogP contribution is 2.30. The summed E-state index contributed by atoms with van der Waals surface area (Å²) in [5.41, 5.74) is 0. The summed E-state index contributed by atoms with van der Waals surface area (Å²) in [7, 11) is -2.32. The molecule has 0 spiro atoms. The van der Waals surface area contributed by atoms with E-state index in [-0.39, 0.29) is 11.9 Å². The minimum absolute atomic E-state index is 0.137. The monoisotopic (exact) mass is 213 g/mol. The Balaban J connectivity index is 1.91. The molecule has 0 unspecified atom stereocenters. The lowest BCUT2D eigenvalue weighted by molar-refractivity contribution is 0.321. The number of hydrogen-bond donors (Lipinski definition) is 0. The zero-order valence-electron chi connectivity index (χ0n) is 6.95. The highest BCUT2D eigenvalue weighted by molar-refractivity contribution is 7.34. The zero-order chi connectivity index (χ0) is 9.80. The van der Waals surface area contributed by atoms with Gasteiger partial charge in [-0.15, -0.1) is 0 Å². The van der Waals surface area contributed by atoms with E-state index < -0.39 is 8.25 Å². The zero-order valence-corrected chi connectivity index (χ0v) is 7.85. The van der Waals surface area contributed by atoms with Crippen LogP contribution in [0.5, 0.6) is 11.9 Å². The average molecular weight is 213 g/mol. The van der Waals surface area contributed by atoms with Gasteiger partial charge in [0.25, 0.3) is 0 Å². The molecule has 0 amide bonds. The molecule has 0 radical (unpaired) electrons. The molecular formula is C8H6O5P+. The Labute approximate surface area is 80.2 Å². The second-order valence-corrected chi connectivity index (χ2v) is 3.08. The molecule has 2 aromatic rings. The van der Waals surface area contributed by atoms with E-state index in [1.54, 1.807) is 12.1 Å². The minimum Gasteiger partial charge on any atom is -0.431 e. The first kappa shape index (κ1) is 8.84. The third-order valence-electron chi connectivity index (χ3n) is 1.32. The maximum absolute atomic E-state index is 11.2. The van der Waals surface area contributed by atoms with Gasteiger partial charge >= 0.3 is 20.1 Å². The second kappa shape index (κ2) is 3.98. The highest BCUT2D eigenvalue weighted by Gasteiger charge is 2.27. The van der Waals surface area contributed by atoms with Crippen molar-refractivity contribution in [3.63, 3.8) is 0 Å². The van der Waals surface area contributed by atoms with Crippen LogP contribution in [0.2, 0.25) is 0 Å². The Morgan fingerprint density at radius 3 is 1.86 bits per heavy atom. The van der Waals surface area contributed by atoms with E-state index in [9.17, 15) is 4.57 Å². The third-order valence-corrected chi connectivity index (χ3v) is 1.98. The lowest BCUT2D eigenvalue weighted by atomic mass is 10.7. The summed E-state index contributed by atoms with van der Waals surface area (Å²) in [5, 5.41) is 0. The Bertz CT molecular complexity index is 353. The molecule has 5 nitrogen and oxygen atoms in total. The molecule has 0 saturated heterocycles. The smallest absolute Gasteiger partial charge is 0.431 e. The van der Waals surface area contributed by atoms with Crippen molar-refractivity contribution >= 4 is 8.25 Å². The fourth-order valence-corrected chi connectivity index (χ4v) is 1.34. The molecule has 0 fully saturated rings. The van der Waals surface area contributed by atoms with E-state index >= 15 is 0 Å². The summed E-state index contributed by atoms with van der Waals surface area (Å²) in [6.07, 6.45) is 2.82. The van der Waals surface area contributed by atoms with Gasteiger partial charge in [-0.25, -0.2) is 0 Å². The first-order chi connectivity index (χ1) is 6.84. The Kier molecular flexibility index (Phi) is 2.51. The van der Waals surface area contributed by atoms with Crippen molar-refractivity contribution in [1.29, 1.82) is 0 Å². The quantitative estimate of drug-likeness (QED) is 0.730. The first-order valence-electron chi connectivity index (χ1n) is 3.75. The van der Waals surface area contributed by atoms with E-state index in [4.69, 9.17) is 17.9 Å². The number of rotatable bonds is 4. The third kappa shape index (κ3) is 2.14. The van der Waals surface area contributed by atoms with Gasteiger partial charge in [0.05, 0.1) is 12.5 Å². The maximum atomic E-state index is 11.2. The maximum Gasteiger partial charge on any atom is 0.811 e. The molecule has 0 atom stereocenters. The highest BCUT2D eigenvalue weighted by atomic mass is 31.1. The molecule has 0 aliphatic rings. The van der Waals surface area contributed by atoms with Crippen molar-refractivity contribution in [3.05, 3.63) is 36.8 Å². The summed E-state index contributed by atoms with van der Waals surface area (Å²) >= 11 is 0. The van der Waals surface area contributed by atoms with Crippen LogP contribution in [0.15, 0.2) is 45.6 Å². The van der Waals surface area contributed by atoms with E-state index in [0.29, 0.717) is 0 Å². The molecule has 0 bridgehead atoms. The predicted octanol–water partition coefficient (Wildman–Crippen LogP) is 2.99. The number of hydrogen-bond acceptors (Lipinski definition) is 5. The van der Waals surface area contributed by atoms with Gasteiger partial charge in [0.15, 0.2) is 0 Å². The fourth-order valence-electron chi connectivity index (χ4n) is 0.796. The molecule has 0 aromatic carbocycles. The summed E-state index contributed by atoms with van der Waals surface area (Å²) in [4.78, 5) is 0. The molecule has 6 heteroatoms. The van der Waals surface area contributed by atoms with Crippen molar-refractivity contribution in [2.45, 2.75) is 0 Å². The standard InChI is InChI=1S/C8H6O5P/c9-14(12-7-3-1-5-10-7)13-8-4-2-6-11-8/h1-6H/q+1. The molecule has 2 rings (SSSR count). The fraction of sp³-hybridized carbons (Fsp3) is 0. The molecule has 0 aliphatic carbocycles. The van der Waals surface area contributed by atoms with E-state index in [1.165, 1.54) is 24.7 Å². The van der Waals surface area contributed by atoms with Crippen molar-refractivity contribution in [1.82, 2.24) is 0 Å². The Morgan fingerprint density at radius 2 is 1.50 bits per heavy atom. The van der Waals surface area contributed by atoms with Gasteiger partial charge in [0, 0.05) is 16.7 Å². The van der Waals surface area contributed by atoms with Gasteiger partial charge in [-0.1, -0.05) is 0 Å². The molecule has 0 aliphatic heterocycles. The summed E-state index contributed by atoms with van der Waals surface area (Å²) in [6.45, 7) is 0. The second-order valence-electron chi connectivity index (χ2n) is 2.27. The van der Waals surface area contributed by atoms with Gasteiger partial charge in [-0.2, -0.15) is 9.05 Å². The summed E-state index contributed by atoms with van der Waals surface area (Å²) in [5.74, 6) is 0.273. The van der Waals surface area contributed by atoms with Crippen molar-refractivity contribution in [2.24, 2.45) is 0 Å². The topological polar surface area (TPSA) is 61.8 Å². The normalized spacial score (nSPS) is 9.71. The van der Waals surface area contributed by atoms with Gasteiger partial charge < -0.3 is 8.83 Å². The Morgan fingerprint density at radius 1 is 1.00 bits per heavy atom. The van der Waals surface area contributed by atoms with Crippen LogP contribution in [0.3, 0.4) is 0 Å². The van der Waals surface area contributed by atoms with E-state index in [0.717, 1.165) is 0 Å². The van der Waals surface area contributed by atoms with E-state index in [2.05, 4.69) is 0 Å². The summed E-state index contributed by atoms with van der Waals surface area (Å²) < 4.78 is 30.4. The van der Waals surface area contributed by atoms with Crippen LogP contribution in [0, 0.1) is 0 Å². The minimum atomic E-state index is -2.32. The SMILES string of the molecule is O=[P+](Oc1ccco1)Oc1ccco1. The van der Waals surface area contributed by atoms with Crippen LogP contribution in [0.4, 0.5) is 0 Å². The first-order valence-corrected chi connectivity index (χ1v) is 4.84. The molecule has 14 heavy (non-hydrogen) atoms.